The number of hydrogen-bond donors (Lipinski definition) is 0. The monoisotopic (exact) mass is 476 g/mol. The minimum Gasteiger partial charge on any atom is -1.00 e. The summed E-state index contributed by atoms with van der Waals surface area (Å²) in [6.45, 7) is 1.38. The molecule has 4 aromatic carbocycles. The summed E-state index contributed by atoms with van der Waals surface area (Å²) in [5, 5.41) is 4.21. The Hall–Kier alpha value is -2.25. The molecule has 0 unspecified atom stereocenters. The lowest BCUT2D eigenvalue weighted by Crippen LogP contribution is -3.00. The zero-order valence-corrected chi connectivity index (χ0v) is 19.4. The van der Waals surface area contributed by atoms with Crippen LogP contribution in [-0.2, 0) is 11.3 Å². The fourth-order valence-electron chi connectivity index (χ4n) is 3.85. The molecule has 0 amide bonds. The SMILES string of the molecule is [Br-].c1ccc(COCC[P+](c2ccccc2)(c2ccccc2)c2ccccc2)cc1. The lowest BCUT2D eigenvalue weighted by atomic mass is 10.2. The van der Waals surface area contributed by atoms with Crippen molar-refractivity contribution in [1.82, 2.24) is 0 Å². The van der Waals surface area contributed by atoms with Gasteiger partial charge < -0.3 is 21.7 Å². The summed E-state index contributed by atoms with van der Waals surface area (Å²) in [4.78, 5) is 0. The van der Waals surface area contributed by atoms with E-state index in [-0.39, 0.29) is 17.0 Å². The van der Waals surface area contributed by atoms with Gasteiger partial charge in [0, 0.05) is 0 Å². The Labute approximate surface area is 190 Å². The first kappa shape index (κ1) is 22.4. The van der Waals surface area contributed by atoms with E-state index in [9.17, 15) is 0 Å². The molecule has 30 heavy (non-hydrogen) atoms. The number of ether oxygens (including phenoxy) is 1. The van der Waals surface area contributed by atoms with E-state index >= 15 is 0 Å². The number of rotatable bonds is 8. The van der Waals surface area contributed by atoms with Gasteiger partial charge in [-0.15, -0.1) is 0 Å². The third-order valence-electron chi connectivity index (χ3n) is 5.27. The summed E-state index contributed by atoms with van der Waals surface area (Å²) in [6.07, 6.45) is 0.984. The largest absolute Gasteiger partial charge is 1.00 e. The van der Waals surface area contributed by atoms with Crippen molar-refractivity contribution in [3.8, 4) is 0 Å². The van der Waals surface area contributed by atoms with Crippen LogP contribution in [0.1, 0.15) is 5.56 Å². The Kier molecular flexibility index (Phi) is 8.39. The van der Waals surface area contributed by atoms with Gasteiger partial charge in [-0.2, -0.15) is 0 Å². The fraction of sp³-hybridized carbons (Fsp3) is 0.111. The predicted octanol–water partition coefficient (Wildman–Crippen LogP) is 2.20. The summed E-state index contributed by atoms with van der Waals surface area (Å²) < 4.78 is 6.17. The highest BCUT2D eigenvalue weighted by atomic mass is 79.9. The second-order valence-corrected chi connectivity index (χ2v) is 10.7. The van der Waals surface area contributed by atoms with E-state index in [1.165, 1.54) is 21.5 Å². The molecule has 0 aliphatic carbocycles. The van der Waals surface area contributed by atoms with Gasteiger partial charge in [-0.25, -0.2) is 0 Å². The van der Waals surface area contributed by atoms with Crippen molar-refractivity contribution in [2.24, 2.45) is 0 Å². The van der Waals surface area contributed by atoms with E-state index in [0.29, 0.717) is 6.61 Å². The standard InChI is InChI=1S/C27H26OP.BrH/c1-5-13-24(14-6-1)23-28-21-22-29(25-15-7-2-8-16-25,26-17-9-3-10-18-26)27-19-11-4-12-20-27;/h1-20H,21-23H2;1H/q+1;/p-1. The maximum Gasteiger partial charge on any atom is 0.114 e. The first-order chi connectivity index (χ1) is 14.4. The fourth-order valence-corrected chi connectivity index (χ4v) is 7.96. The Balaban J connectivity index is 0.00000256. The first-order valence-electron chi connectivity index (χ1n) is 10.1. The molecule has 0 bridgehead atoms. The minimum absolute atomic E-state index is 0. The molecule has 0 radical (unpaired) electrons. The normalized spacial score (nSPS) is 10.9. The van der Waals surface area contributed by atoms with Crippen molar-refractivity contribution in [2.45, 2.75) is 6.61 Å². The third kappa shape index (κ3) is 5.08. The molecular formula is C27H26BrOP. The molecule has 1 nitrogen and oxygen atoms in total. The minimum atomic E-state index is -1.80. The smallest absolute Gasteiger partial charge is 0.114 e. The summed E-state index contributed by atoms with van der Waals surface area (Å²) in [5.41, 5.74) is 1.22. The van der Waals surface area contributed by atoms with Gasteiger partial charge in [0.1, 0.15) is 23.2 Å². The molecule has 0 spiro atoms. The van der Waals surface area contributed by atoms with Gasteiger partial charge >= 0.3 is 0 Å². The molecule has 0 atom stereocenters. The Morgan fingerprint density at radius 1 is 0.500 bits per heavy atom. The second kappa shape index (κ2) is 11.2. The topological polar surface area (TPSA) is 9.23 Å². The average Bonchev–Trinajstić information content (AvgIpc) is 2.82. The van der Waals surface area contributed by atoms with Crippen LogP contribution in [0.5, 0.6) is 0 Å². The van der Waals surface area contributed by atoms with Crippen LogP contribution in [0.2, 0.25) is 0 Å². The van der Waals surface area contributed by atoms with Crippen molar-refractivity contribution in [2.75, 3.05) is 12.8 Å². The second-order valence-electron chi connectivity index (χ2n) is 7.08. The predicted molar refractivity (Wildman–Crippen MR) is 126 cm³/mol. The van der Waals surface area contributed by atoms with Gasteiger partial charge in [0.15, 0.2) is 0 Å². The van der Waals surface area contributed by atoms with Gasteiger partial charge in [0.25, 0.3) is 0 Å². The van der Waals surface area contributed by atoms with Crippen LogP contribution in [0.3, 0.4) is 0 Å². The van der Waals surface area contributed by atoms with Gasteiger partial charge in [-0.05, 0) is 42.0 Å². The summed E-state index contributed by atoms with van der Waals surface area (Å²) in [6, 6.07) is 43.3. The van der Waals surface area contributed by atoms with E-state index in [2.05, 4.69) is 115 Å². The van der Waals surface area contributed by atoms with Crippen LogP contribution in [0, 0.1) is 0 Å². The summed E-state index contributed by atoms with van der Waals surface area (Å²) in [5.74, 6) is 0. The van der Waals surface area contributed by atoms with Crippen molar-refractivity contribution in [3.63, 3.8) is 0 Å². The summed E-state index contributed by atoms with van der Waals surface area (Å²) in [7, 11) is -1.80. The van der Waals surface area contributed by atoms with E-state index in [1.807, 2.05) is 6.07 Å². The molecule has 152 valence electrons. The Morgan fingerprint density at radius 3 is 1.27 bits per heavy atom. The third-order valence-corrected chi connectivity index (χ3v) is 9.67. The number of benzene rings is 4. The lowest BCUT2D eigenvalue weighted by molar-refractivity contribution is -0.00000617. The van der Waals surface area contributed by atoms with Crippen molar-refractivity contribution in [3.05, 3.63) is 127 Å². The Morgan fingerprint density at radius 2 is 0.867 bits per heavy atom. The van der Waals surface area contributed by atoms with Gasteiger partial charge in [0.05, 0.1) is 19.4 Å². The average molecular weight is 477 g/mol. The molecule has 0 aromatic heterocycles. The molecule has 4 aromatic rings. The van der Waals surface area contributed by atoms with Crippen LogP contribution in [0.4, 0.5) is 0 Å². The van der Waals surface area contributed by atoms with Gasteiger partial charge in [-0.1, -0.05) is 84.9 Å². The van der Waals surface area contributed by atoms with E-state index in [0.717, 1.165) is 12.8 Å². The first-order valence-corrected chi connectivity index (χ1v) is 12.0. The van der Waals surface area contributed by atoms with Crippen LogP contribution in [0.15, 0.2) is 121 Å². The molecular weight excluding hydrogens is 451 g/mol. The maximum atomic E-state index is 6.17. The molecule has 0 fully saturated rings. The highest BCUT2D eigenvalue weighted by molar-refractivity contribution is 7.95. The highest BCUT2D eigenvalue weighted by Gasteiger charge is 2.44. The maximum absolute atomic E-state index is 6.17. The zero-order valence-electron chi connectivity index (χ0n) is 16.9. The van der Waals surface area contributed by atoms with Gasteiger partial charge in [-0.3, -0.25) is 0 Å². The van der Waals surface area contributed by atoms with E-state index in [1.54, 1.807) is 0 Å². The van der Waals surface area contributed by atoms with E-state index < -0.39 is 7.26 Å². The van der Waals surface area contributed by atoms with Crippen LogP contribution >= 0.6 is 7.26 Å². The molecule has 4 rings (SSSR count). The van der Waals surface area contributed by atoms with Gasteiger partial charge in [0.2, 0.25) is 0 Å². The highest BCUT2D eigenvalue weighted by Crippen LogP contribution is 2.54. The quantitative estimate of drug-likeness (QED) is 0.280. The zero-order chi connectivity index (χ0) is 19.8. The molecule has 0 aliphatic heterocycles. The van der Waals surface area contributed by atoms with Crippen LogP contribution in [0.25, 0.3) is 0 Å². The molecule has 0 N–H and O–H groups in total. The number of hydrogen-bond acceptors (Lipinski definition) is 1. The lowest BCUT2D eigenvalue weighted by Gasteiger charge is -2.27. The van der Waals surface area contributed by atoms with E-state index in [4.69, 9.17) is 4.74 Å². The van der Waals surface area contributed by atoms with Crippen LogP contribution in [-0.4, -0.2) is 12.8 Å². The van der Waals surface area contributed by atoms with Crippen molar-refractivity contribution in [1.29, 1.82) is 0 Å². The molecule has 3 heteroatoms. The molecule has 0 aliphatic rings. The summed E-state index contributed by atoms with van der Waals surface area (Å²) >= 11 is 0. The van der Waals surface area contributed by atoms with Crippen molar-refractivity contribution < 1.29 is 21.7 Å². The molecule has 0 saturated carbocycles. The Bertz CT molecular complexity index is 895. The van der Waals surface area contributed by atoms with Crippen molar-refractivity contribution >= 4 is 23.2 Å². The molecule has 0 heterocycles. The molecule has 0 saturated heterocycles. The van der Waals surface area contributed by atoms with Crippen LogP contribution < -0.4 is 32.9 Å². The number of halogens is 1.